The standard InChI is InChI=1S/C85H64F5NO22/c86-63-64(87)66(89)70(67(90)65(63)88)108-82(99)60(91-85(100)104-44-59-57-42-24-22-40-55(57)56-41-23-25-43-58(56)59)45-103-83-73(111-80(97)53-36-18-6-19-37-53)72(110-79(96)52-34-16-5-17-35-52)69(62(105-83)47-102-76(93)49-28-10-2-11-29-49)113-84-74(112-81(98)54-38-20-7-21-39-54)71(109-78(95)51-32-14-4-15-33-51)68(107-77(94)50-30-12-3-13-31-50)61(106-84)46-101-75(92)48-26-8-1-9-27-48/h1-43,59-62,68-69,71-74,83-84H,44-47H2,(H,91,100)/t60-,61+,62+,68-,69+,71-,72-,73+,74+,83+,84-/m0/s1. The summed E-state index contributed by atoms with van der Waals surface area (Å²) in [6, 6.07) is 62.7. The van der Waals surface area contributed by atoms with E-state index >= 15 is 13.6 Å². The lowest BCUT2D eigenvalue weighted by molar-refractivity contribution is -0.356. The van der Waals surface area contributed by atoms with Crippen molar-refractivity contribution in [1.29, 1.82) is 0 Å². The van der Waals surface area contributed by atoms with Crippen molar-refractivity contribution in [1.82, 2.24) is 5.32 Å². The number of hydrogen-bond donors (Lipinski definition) is 1. The van der Waals surface area contributed by atoms with Gasteiger partial charge in [-0.2, -0.15) is 8.78 Å². The number of nitrogens with one attached hydrogen (secondary N) is 1. The summed E-state index contributed by atoms with van der Waals surface area (Å²) in [5.74, 6) is -25.7. The SMILES string of the molecule is O=C(N[C@@H](CO[C@@H]1O[C@H](COC(=O)c2ccccc2)[C@@H](O[C@@H]2O[C@H](COC(=O)c3ccccc3)[C@H](OC(=O)c3ccccc3)[C@H](OC(=O)c3ccccc3)[C@H]2OC(=O)c2ccccc2)[C@H](OC(=O)c2ccccc2)[C@H]1OC(=O)c1ccccc1)C(=O)Oc1c(F)c(F)c(F)c(F)c1F)OCC1c2ccccc2-c2ccccc21. The van der Waals surface area contributed by atoms with Gasteiger partial charge in [0.15, 0.2) is 49.1 Å². The van der Waals surface area contributed by atoms with E-state index in [1.54, 1.807) is 72.8 Å². The molecular formula is C85H64F5NO22. The first-order valence-corrected chi connectivity index (χ1v) is 35.0. The fraction of sp³-hybridized carbons (Fsp3) is 0.188. The van der Waals surface area contributed by atoms with Gasteiger partial charge in [-0.1, -0.05) is 176 Å². The second-order valence-electron chi connectivity index (χ2n) is 25.5. The van der Waals surface area contributed by atoms with Crippen LogP contribution in [0.1, 0.15) is 89.6 Å². The molecule has 13 rings (SSSR count). The van der Waals surface area contributed by atoms with Crippen molar-refractivity contribution >= 4 is 53.8 Å². The molecule has 0 aromatic heterocycles. The Kier molecular flexibility index (Phi) is 24.8. The maximum absolute atomic E-state index is 15.6. The summed E-state index contributed by atoms with van der Waals surface area (Å²) in [4.78, 5) is 132. The first kappa shape index (κ1) is 77.9. The van der Waals surface area contributed by atoms with E-state index in [0.717, 1.165) is 11.1 Å². The van der Waals surface area contributed by atoms with Gasteiger partial charge in [0.05, 0.1) is 45.6 Å². The fourth-order valence-electron chi connectivity index (χ4n) is 12.7. The number of fused-ring (bicyclic) bond motifs is 3. The van der Waals surface area contributed by atoms with Crippen molar-refractivity contribution in [3.8, 4) is 16.9 Å². The molecular weight excluding hydrogens is 1480 g/mol. The zero-order chi connectivity index (χ0) is 79.1. The van der Waals surface area contributed by atoms with Crippen LogP contribution in [0, 0.1) is 29.1 Å². The predicted molar refractivity (Wildman–Crippen MR) is 384 cm³/mol. The van der Waals surface area contributed by atoms with E-state index in [2.05, 4.69) is 5.32 Å². The smallest absolute Gasteiger partial charge is 0.407 e. The summed E-state index contributed by atoms with van der Waals surface area (Å²) in [6.07, 6.45) is -23.5. The minimum Gasteiger partial charge on any atom is -0.459 e. The number of carbonyl (C=O) groups is 9. The summed E-state index contributed by atoms with van der Waals surface area (Å²) in [5.41, 5.74) is 2.21. The number of alkyl carbamates (subject to hydrolysis) is 1. The molecule has 23 nitrogen and oxygen atoms in total. The molecule has 113 heavy (non-hydrogen) atoms. The highest BCUT2D eigenvalue weighted by Crippen LogP contribution is 2.45. The van der Waals surface area contributed by atoms with Gasteiger partial charge in [0, 0.05) is 5.92 Å². The number of hydrogen-bond acceptors (Lipinski definition) is 22. The highest BCUT2D eigenvalue weighted by Gasteiger charge is 2.59. The molecule has 576 valence electrons. The van der Waals surface area contributed by atoms with Gasteiger partial charge in [-0.25, -0.2) is 56.3 Å². The molecule has 0 saturated carbocycles. The van der Waals surface area contributed by atoms with Gasteiger partial charge >= 0.3 is 53.8 Å². The molecule has 2 fully saturated rings. The van der Waals surface area contributed by atoms with Gasteiger partial charge < -0.3 is 66.9 Å². The molecule has 10 aromatic rings. The summed E-state index contributed by atoms with van der Waals surface area (Å²) in [5, 5.41) is 2.16. The van der Waals surface area contributed by atoms with E-state index in [1.807, 2.05) is 12.1 Å². The zero-order valence-electron chi connectivity index (χ0n) is 59.0. The highest BCUT2D eigenvalue weighted by molar-refractivity contribution is 5.93. The molecule has 1 aliphatic carbocycles. The quantitative estimate of drug-likeness (QED) is 0.0132. The Labute approximate surface area is 639 Å². The lowest BCUT2D eigenvalue weighted by Gasteiger charge is -2.49. The summed E-state index contributed by atoms with van der Waals surface area (Å²) >= 11 is 0. The molecule has 0 unspecified atom stereocenters. The number of esters is 8. The van der Waals surface area contributed by atoms with Gasteiger partial charge in [0.2, 0.25) is 34.8 Å². The van der Waals surface area contributed by atoms with Gasteiger partial charge in [0.25, 0.3) is 0 Å². The zero-order valence-corrected chi connectivity index (χ0v) is 59.0. The van der Waals surface area contributed by atoms with Crippen molar-refractivity contribution in [2.24, 2.45) is 0 Å². The first-order chi connectivity index (χ1) is 54.9. The van der Waals surface area contributed by atoms with Crippen molar-refractivity contribution in [3.63, 3.8) is 0 Å². The van der Waals surface area contributed by atoms with Crippen LogP contribution in [-0.4, -0.2) is 148 Å². The Balaban J connectivity index is 0.943. The van der Waals surface area contributed by atoms with Gasteiger partial charge in [-0.15, -0.1) is 0 Å². The van der Waals surface area contributed by atoms with Gasteiger partial charge in [-0.05, 0) is 107 Å². The van der Waals surface area contributed by atoms with Crippen LogP contribution in [0.4, 0.5) is 26.7 Å². The number of benzene rings is 10. The van der Waals surface area contributed by atoms with E-state index in [-0.39, 0.29) is 38.9 Å². The van der Waals surface area contributed by atoms with Crippen LogP contribution in [0.2, 0.25) is 0 Å². The topological polar surface area (TPSA) is 286 Å². The number of rotatable bonds is 26. The number of amides is 1. The third kappa shape index (κ3) is 18.3. The van der Waals surface area contributed by atoms with E-state index in [1.165, 1.54) is 176 Å². The minimum atomic E-state index is -2.63. The average molecular weight is 1550 g/mol. The molecule has 1 amide bonds. The monoisotopic (exact) mass is 1550 g/mol. The third-order valence-corrected chi connectivity index (χ3v) is 18.2. The maximum atomic E-state index is 15.6. The van der Waals surface area contributed by atoms with E-state index < -0.39 is 188 Å². The Morgan fingerprint density at radius 2 is 0.637 bits per heavy atom. The number of ether oxygens (including phenoxy) is 13. The van der Waals surface area contributed by atoms with Crippen molar-refractivity contribution < 1.29 is 127 Å². The Morgan fingerprint density at radius 1 is 0.327 bits per heavy atom. The molecule has 11 atom stereocenters. The molecule has 2 aliphatic heterocycles. The van der Waals surface area contributed by atoms with Crippen LogP contribution in [-0.2, 0) is 61.6 Å². The molecule has 2 saturated heterocycles. The van der Waals surface area contributed by atoms with Crippen LogP contribution in [0.3, 0.4) is 0 Å². The first-order valence-electron chi connectivity index (χ1n) is 35.0. The van der Waals surface area contributed by atoms with Crippen molar-refractivity contribution in [2.75, 3.05) is 26.4 Å². The summed E-state index contributed by atoms with van der Waals surface area (Å²) < 4.78 is 157. The van der Waals surface area contributed by atoms with Crippen LogP contribution in [0.25, 0.3) is 11.1 Å². The van der Waals surface area contributed by atoms with Crippen LogP contribution in [0.15, 0.2) is 261 Å². The van der Waals surface area contributed by atoms with Crippen LogP contribution < -0.4 is 10.1 Å². The second kappa shape index (κ2) is 36.0. The molecule has 2 heterocycles. The third-order valence-electron chi connectivity index (χ3n) is 18.2. The normalized spacial score (nSPS) is 19.8. The number of carbonyl (C=O) groups excluding carboxylic acids is 9. The molecule has 0 bridgehead atoms. The van der Waals surface area contributed by atoms with E-state index in [4.69, 9.17) is 61.6 Å². The molecule has 28 heteroatoms. The molecule has 0 radical (unpaired) electrons. The Morgan fingerprint density at radius 3 is 1.04 bits per heavy atom. The van der Waals surface area contributed by atoms with Crippen molar-refractivity contribution in [3.05, 3.63) is 340 Å². The lowest BCUT2D eigenvalue weighted by atomic mass is 9.95. The molecule has 0 spiro atoms. The minimum absolute atomic E-state index is 0.0107. The lowest BCUT2D eigenvalue weighted by Crippen LogP contribution is -2.67. The second-order valence-corrected chi connectivity index (χ2v) is 25.5. The van der Waals surface area contributed by atoms with E-state index in [9.17, 15) is 51.5 Å². The van der Waals surface area contributed by atoms with Crippen LogP contribution >= 0.6 is 0 Å². The summed E-state index contributed by atoms with van der Waals surface area (Å²) in [7, 11) is 0. The van der Waals surface area contributed by atoms with Gasteiger partial charge in [-0.3, -0.25) is 0 Å². The fourth-order valence-corrected chi connectivity index (χ4v) is 12.7. The van der Waals surface area contributed by atoms with Crippen molar-refractivity contribution in [2.45, 2.75) is 73.4 Å². The van der Waals surface area contributed by atoms with E-state index in [0.29, 0.717) is 11.1 Å². The molecule has 1 N–H and O–H groups in total. The average Bonchev–Trinajstić information content (AvgIpc) is 0.802. The molecule has 3 aliphatic rings. The maximum Gasteiger partial charge on any atom is 0.407 e. The Bertz CT molecular complexity index is 5010. The Hall–Kier alpha value is -13.3. The van der Waals surface area contributed by atoms with Gasteiger partial charge in [0.1, 0.15) is 38.1 Å². The number of halogens is 5. The largest absolute Gasteiger partial charge is 0.459 e. The summed E-state index contributed by atoms with van der Waals surface area (Å²) in [6.45, 7) is -3.84. The predicted octanol–water partition coefficient (Wildman–Crippen LogP) is 12.9. The molecule has 10 aromatic carbocycles. The highest BCUT2D eigenvalue weighted by atomic mass is 19.2. The van der Waals surface area contributed by atoms with Crippen LogP contribution in [0.5, 0.6) is 5.75 Å².